The van der Waals surface area contributed by atoms with Crippen LogP contribution in [-0.4, -0.2) is 26.5 Å². The fraction of sp³-hybridized carbons (Fsp3) is 0. The molecule has 0 fully saturated rings. The van der Waals surface area contributed by atoms with Gasteiger partial charge in [-0.15, -0.1) is 0 Å². The minimum atomic E-state index is -1.21. The summed E-state index contributed by atoms with van der Waals surface area (Å²) in [6.07, 6.45) is 2.81. The van der Waals surface area contributed by atoms with Crippen LogP contribution in [0.4, 0.5) is 10.1 Å². The molecule has 7 nitrogen and oxygen atoms in total. The molecule has 4 aromatic rings. The van der Waals surface area contributed by atoms with Crippen LogP contribution in [0.5, 0.6) is 0 Å². The molecule has 2 N–H and O–H groups in total. The second kappa shape index (κ2) is 7.59. The average molecular weight is 403 g/mol. The zero-order chi connectivity index (χ0) is 21.3. The number of rotatable bonds is 4. The predicted octanol–water partition coefficient (Wildman–Crippen LogP) is 3.48. The number of aromatic carboxylic acids is 1. The first-order valence-electron chi connectivity index (χ1n) is 8.85. The summed E-state index contributed by atoms with van der Waals surface area (Å²) in [5.41, 5.74) is -0.000327. The SMILES string of the molecule is O=C(O)c1ccccc1NC(=O)c1cn(-c2ccc(F)cc2)c2ncccc2c1=O. The zero-order valence-electron chi connectivity index (χ0n) is 15.4. The zero-order valence-corrected chi connectivity index (χ0v) is 15.4. The summed E-state index contributed by atoms with van der Waals surface area (Å²) in [5.74, 6) is -2.41. The number of hydrogen-bond donors (Lipinski definition) is 2. The topological polar surface area (TPSA) is 101 Å². The normalized spacial score (nSPS) is 10.7. The number of amides is 1. The van der Waals surface area contributed by atoms with Crippen molar-refractivity contribution in [2.75, 3.05) is 5.32 Å². The van der Waals surface area contributed by atoms with Crippen molar-refractivity contribution in [3.8, 4) is 5.69 Å². The number of carboxylic acid groups (broad SMARTS) is 1. The molecule has 0 aliphatic carbocycles. The van der Waals surface area contributed by atoms with E-state index in [1.807, 2.05) is 0 Å². The first-order valence-corrected chi connectivity index (χ1v) is 8.85. The number of aromatic nitrogens is 2. The van der Waals surface area contributed by atoms with Crippen molar-refractivity contribution in [1.29, 1.82) is 0 Å². The van der Waals surface area contributed by atoms with Crippen LogP contribution in [-0.2, 0) is 0 Å². The van der Waals surface area contributed by atoms with Crippen molar-refractivity contribution in [2.45, 2.75) is 0 Å². The van der Waals surface area contributed by atoms with Gasteiger partial charge in [-0.25, -0.2) is 14.2 Å². The van der Waals surface area contributed by atoms with Gasteiger partial charge in [0.15, 0.2) is 0 Å². The van der Waals surface area contributed by atoms with Gasteiger partial charge in [-0.1, -0.05) is 12.1 Å². The first kappa shape index (κ1) is 19.0. The summed E-state index contributed by atoms with van der Waals surface area (Å²) in [7, 11) is 0. The Morgan fingerprint density at radius 2 is 1.70 bits per heavy atom. The number of para-hydroxylation sites is 1. The second-order valence-electron chi connectivity index (χ2n) is 6.40. The summed E-state index contributed by atoms with van der Waals surface area (Å²) in [4.78, 5) is 41.4. The van der Waals surface area contributed by atoms with Gasteiger partial charge in [-0.05, 0) is 48.5 Å². The van der Waals surface area contributed by atoms with E-state index in [9.17, 15) is 23.9 Å². The fourth-order valence-corrected chi connectivity index (χ4v) is 3.09. The Hall–Kier alpha value is -4.33. The molecule has 4 rings (SSSR count). The van der Waals surface area contributed by atoms with E-state index in [1.165, 1.54) is 65.5 Å². The third-order valence-electron chi connectivity index (χ3n) is 4.52. The molecule has 0 spiro atoms. The number of carbonyl (C=O) groups is 2. The average Bonchev–Trinajstić information content (AvgIpc) is 2.75. The van der Waals surface area contributed by atoms with Crippen LogP contribution in [0, 0.1) is 5.82 Å². The van der Waals surface area contributed by atoms with Crippen molar-refractivity contribution in [2.24, 2.45) is 0 Å². The number of halogens is 1. The quantitative estimate of drug-likeness (QED) is 0.543. The molecule has 2 heterocycles. The Labute approximate surface area is 169 Å². The Bertz CT molecular complexity index is 1350. The summed E-state index contributed by atoms with van der Waals surface area (Å²) in [6, 6.07) is 14.5. The Morgan fingerprint density at radius 3 is 2.43 bits per heavy atom. The third kappa shape index (κ3) is 3.42. The van der Waals surface area contributed by atoms with Gasteiger partial charge in [-0.2, -0.15) is 0 Å². The molecule has 0 aliphatic heterocycles. The maximum Gasteiger partial charge on any atom is 0.337 e. The summed E-state index contributed by atoms with van der Waals surface area (Å²) in [5, 5.41) is 12.0. The standard InChI is InChI=1S/C22H14FN3O4/c23-13-7-9-14(10-8-13)26-12-17(19(27)16-5-3-11-24-20(16)26)21(28)25-18-6-2-1-4-15(18)22(29)30/h1-12H,(H,25,28)(H,29,30). The van der Waals surface area contributed by atoms with Crippen LogP contribution in [0.15, 0.2) is 77.9 Å². The minimum Gasteiger partial charge on any atom is -0.478 e. The molecule has 0 aliphatic rings. The van der Waals surface area contributed by atoms with Crippen LogP contribution < -0.4 is 10.7 Å². The first-order chi connectivity index (χ1) is 14.5. The lowest BCUT2D eigenvalue weighted by molar-refractivity contribution is 0.0698. The summed E-state index contributed by atoms with van der Waals surface area (Å²) in [6.45, 7) is 0. The molecule has 0 bridgehead atoms. The van der Waals surface area contributed by atoms with Gasteiger partial charge in [0.05, 0.1) is 16.6 Å². The molecule has 0 saturated carbocycles. The predicted molar refractivity (Wildman–Crippen MR) is 109 cm³/mol. The lowest BCUT2D eigenvalue weighted by Crippen LogP contribution is -2.24. The highest BCUT2D eigenvalue weighted by atomic mass is 19.1. The third-order valence-corrected chi connectivity index (χ3v) is 4.52. The number of nitrogens with one attached hydrogen (secondary N) is 1. The van der Waals surface area contributed by atoms with Crippen molar-refractivity contribution in [3.05, 3.63) is 100 Å². The lowest BCUT2D eigenvalue weighted by Gasteiger charge is -2.13. The van der Waals surface area contributed by atoms with E-state index in [2.05, 4.69) is 10.3 Å². The van der Waals surface area contributed by atoms with Gasteiger partial charge in [0.1, 0.15) is 17.0 Å². The molecule has 2 aromatic heterocycles. The molecule has 148 valence electrons. The van der Waals surface area contributed by atoms with E-state index in [0.29, 0.717) is 11.3 Å². The van der Waals surface area contributed by atoms with Crippen molar-refractivity contribution >= 4 is 28.6 Å². The van der Waals surface area contributed by atoms with Gasteiger partial charge in [-0.3, -0.25) is 9.59 Å². The van der Waals surface area contributed by atoms with Crippen LogP contribution in [0.2, 0.25) is 0 Å². The maximum atomic E-state index is 13.3. The maximum absolute atomic E-state index is 13.3. The van der Waals surface area contributed by atoms with E-state index in [0.717, 1.165) is 0 Å². The van der Waals surface area contributed by atoms with Crippen LogP contribution in [0.25, 0.3) is 16.7 Å². The molecular formula is C22H14FN3O4. The number of pyridine rings is 2. The number of fused-ring (bicyclic) bond motifs is 1. The minimum absolute atomic E-state index is 0.0639. The van der Waals surface area contributed by atoms with Gasteiger partial charge in [0, 0.05) is 18.1 Å². The van der Waals surface area contributed by atoms with E-state index in [1.54, 1.807) is 12.1 Å². The smallest absolute Gasteiger partial charge is 0.337 e. The molecule has 1 amide bonds. The van der Waals surface area contributed by atoms with Crippen molar-refractivity contribution in [1.82, 2.24) is 9.55 Å². The molecule has 0 radical (unpaired) electrons. The number of carboxylic acids is 1. The van der Waals surface area contributed by atoms with Gasteiger partial charge >= 0.3 is 5.97 Å². The number of hydrogen-bond acceptors (Lipinski definition) is 4. The van der Waals surface area contributed by atoms with Gasteiger partial charge < -0.3 is 15.0 Å². The van der Waals surface area contributed by atoms with E-state index in [4.69, 9.17) is 0 Å². The number of carbonyl (C=O) groups excluding carboxylic acids is 1. The van der Waals surface area contributed by atoms with Crippen LogP contribution in [0.1, 0.15) is 20.7 Å². The molecule has 30 heavy (non-hydrogen) atoms. The monoisotopic (exact) mass is 403 g/mol. The van der Waals surface area contributed by atoms with E-state index in [-0.39, 0.29) is 22.2 Å². The van der Waals surface area contributed by atoms with Crippen molar-refractivity contribution < 1.29 is 19.1 Å². The molecule has 0 saturated heterocycles. The summed E-state index contributed by atoms with van der Waals surface area (Å²) < 4.78 is 14.9. The molecule has 0 unspecified atom stereocenters. The Balaban J connectivity index is 1.86. The van der Waals surface area contributed by atoms with Crippen LogP contribution in [0.3, 0.4) is 0 Å². The van der Waals surface area contributed by atoms with Gasteiger partial charge in [0.2, 0.25) is 5.43 Å². The molecule has 8 heteroatoms. The molecular weight excluding hydrogens is 389 g/mol. The lowest BCUT2D eigenvalue weighted by atomic mass is 10.1. The fourth-order valence-electron chi connectivity index (χ4n) is 3.09. The highest BCUT2D eigenvalue weighted by Crippen LogP contribution is 2.19. The number of nitrogens with zero attached hydrogens (tertiary/aromatic N) is 2. The molecule has 0 atom stereocenters. The van der Waals surface area contributed by atoms with Crippen LogP contribution >= 0.6 is 0 Å². The Kier molecular flexibility index (Phi) is 4.81. The molecule has 2 aromatic carbocycles. The highest BCUT2D eigenvalue weighted by molar-refractivity contribution is 6.08. The number of anilines is 1. The van der Waals surface area contributed by atoms with Gasteiger partial charge in [0.25, 0.3) is 5.91 Å². The van der Waals surface area contributed by atoms with E-state index >= 15 is 0 Å². The largest absolute Gasteiger partial charge is 0.478 e. The Morgan fingerprint density at radius 1 is 0.967 bits per heavy atom. The second-order valence-corrected chi connectivity index (χ2v) is 6.40. The highest BCUT2D eigenvalue weighted by Gasteiger charge is 2.19. The van der Waals surface area contributed by atoms with E-state index < -0.39 is 23.1 Å². The van der Waals surface area contributed by atoms with Crippen molar-refractivity contribution in [3.63, 3.8) is 0 Å². The number of benzene rings is 2. The summed E-state index contributed by atoms with van der Waals surface area (Å²) >= 11 is 0.